The highest BCUT2D eigenvalue weighted by molar-refractivity contribution is 7.98. The summed E-state index contributed by atoms with van der Waals surface area (Å²) in [6, 6.07) is 8.96. The average Bonchev–Trinajstić information content (AvgIpc) is 2.41. The lowest BCUT2D eigenvalue weighted by molar-refractivity contribution is 0.166. The van der Waals surface area contributed by atoms with Gasteiger partial charge in [0.05, 0.1) is 0 Å². The van der Waals surface area contributed by atoms with Crippen molar-refractivity contribution >= 4 is 11.8 Å². The molecule has 0 aromatic heterocycles. The van der Waals surface area contributed by atoms with Crippen molar-refractivity contribution in [3.63, 3.8) is 0 Å². The van der Waals surface area contributed by atoms with Crippen LogP contribution in [0.15, 0.2) is 29.2 Å². The average molecular weight is 268 g/mol. The van der Waals surface area contributed by atoms with Crippen molar-refractivity contribution in [1.82, 2.24) is 4.90 Å². The molecule has 1 aromatic rings. The van der Waals surface area contributed by atoms with E-state index in [1.807, 2.05) is 0 Å². The first-order valence-corrected chi connectivity index (χ1v) is 7.48. The molecule has 3 nitrogen and oxygen atoms in total. The van der Waals surface area contributed by atoms with Gasteiger partial charge in [0.25, 0.3) is 0 Å². The van der Waals surface area contributed by atoms with E-state index in [9.17, 15) is 0 Å². The zero-order valence-electron chi connectivity index (χ0n) is 11.6. The van der Waals surface area contributed by atoms with Crippen LogP contribution < -0.4 is 5.73 Å². The van der Waals surface area contributed by atoms with Gasteiger partial charge in [-0.1, -0.05) is 12.1 Å². The molecule has 0 aliphatic rings. The van der Waals surface area contributed by atoms with E-state index >= 15 is 0 Å². The summed E-state index contributed by atoms with van der Waals surface area (Å²) < 4.78 is 5.08. The molecule has 1 aromatic carbocycles. The van der Waals surface area contributed by atoms with E-state index in [2.05, 4.69) is 42.5 Å². The largest absolute Gasteiger partial charge is 0.385 e. The fraction of sp³-hybridized carbons (Fsp3) is 0.571. The summed E-state index contributed by atoms with van der Waals surface area (Å²) >= 11 is 1.76. The van der Waals surface area contributed by atoms with E-state index in [0.717, 1.165) is 19.6 Å². The van der Waals surface area contributed by atoms with Gasteiger partial charge in [0.15, 0.2) is 0 Å². The summed E-state index contributed by atoms with van der Waals surface area (Å²) in [6.45, 7) is 2.44. The number of rotatable bonds is 8. The van der Waals surface area contributed by atoms with Crippen LogP contribution >= 0.6 is 11.8 Å². The molecule has 0 bridgehead atoms. The van der Waals surface area contributed by atoms with Gasteiger partial charge in [-0.25, -0.2) is 0 Å². The van der Waals surface area contributed by atoms with Gasteiger partial charge in [0.1, 0.15) is 0 Å². The molecule has 0 saturated carbocycles. The number of nitrogens with zero attached hydrogens (tertiary/aromatic N) is 1. The second-order valence-electron chi connectivity index (χ2n) is 4.35. The number of nitrogens with two attached hydrogens (primary N) is 1. The Morgan fingerprint density at radius 3 is 2.50 bits per heavy atom. The lowest BCUT2D eigenvalue weighted by Crippen LogP contribution is -2.31. The van der Waals surface area contributed by atoms with E-state index < -0.39 is 0 Å². The summed E-state index contributed by atoms with van der Waals surface area (Å²) in [4.78, 5) is 3.59. The van der Waals surface area contributed by atoms with Gasteiger partial charge in [0, 0.05) is 37.7 Å². The molecule has 1 atom stereocenters. The van der Waals surface area contributed by atoms with Crippen LogP contribution in [-0.2, 0) is 4.74 Å². The summed E-state index contributed by atoms with van der Waals surface area (Å²) in [5, 5.41) is 0. The van der Waals surface area contributed by atoms with Crippen LogP contribution in [0.3, 0.4) is 0 Å². The Morgan fingerprint density at radius 2 is 2.00 bits per heavy atom. The van der Waals surface area contributed by atoms with E-state index in [4.69, 9.17) is 10.5 Å². The zero-order chi connectivity index (χ0) is 13.4. The van der Waals surface area contributed by atoms with E-state index in [1.165, 1.54) is 10.5 Å². The van der Waals surface area contributed by atoms with Gasteiger partial charge in [-0.2, -0.15) is 0 Å². The topological polar surface area (TPSA) is 38.5 Å². The van der Waals surface area contributed by atoms with Crippen molar-refractivity contribution in [2.75, 3.05) is 40.1 Å². The molecule has 1 unspecified atom stereocenters. The highest BCUT2D eigenvalue weighted by atomic mass is 32.2. The Balaban J connectivity index is 2.62. The van der Waals surface area contributed by atoms with Crippen LogP contribution in [-0.4, -0.2) is 45.0 Å². The quantitative estimate of drug-likeness (QED) is 0.580. The van der Waals surface area contributed by atoms with Gasteiger partial charge >= 0.3 is 0 Å². The summed E-state index contributed by atoms with van der Waals surface area (Å²) in [6.07, 6.45) is 3.12. The van der Waals surface area contributed by atoms with Crippen LogP contribution in [0.4, 0.5) is 0 Å². The van der Waals surface area contributed by atoms with Crippen LogP contribution in [0.25, 0.3) is 0 Å². The second kappa shape index (κ2) is 8.53. The molecule has 0 amide bonds. The predicted molar refractivity (Wildman–Crippen MR) is 79.1 cm³/mol. The maximum atomic E-state index is 5.90. The molecule has 2 N–H and O–H groups in total. The fourth-order valence-corrected chi connectivity index (χ4v) is 2.42. The molecule has 0 aliphatic carbocycles. The van der Waals surface area contributed by atoms with E-state index in [-0.39, 0.29) is 6.04 Å². The first kappa shape index (κ1) is 15.5. The minimum atomic E-state index is 0.290. The molecule has 0 saturated heterocycles. The molecule has 0 aliphatic heterocycles. The van der Waals surface area contributed by atoms with E-state index in [1.54, 1.807) is 18.9 Å². The number of benzene rings is 1. The Kier molecular flexibility index (Phi) is 7.35. The molecular formula is C14H24N2OS. The zero-order valence-corrected chi connectivity index (χ0v) is 12.4. The highest BCUT2D eigenvalue weighted by Crippen LogP contribution is 2.22. The van der Waals surface area contributed by atoms with Crippen molar-refractivity contribution in [2.45, 2.75) is 17.4 Å². The van der Waals surface area contributed by atoms with Crippen molar-refractivity contribution in [3.8, 4) is 0 Å². The number of hydrogen-bond donors (Lipinski definition) is 1. The predicted octanol–water partition coefficient (Wildman–Crippen LogP) is 2.38. The third kappa shape index (κ3) is 4.61. The molecule has 0 spiro atoms. The Hall–Kier alpha value is -0.550. The molecule has 4 heteroatoms. The third-order valence-electron chi connectivity index (χ3n) is 3.12. The summed E-state index contributed by atoms with van der Waals surface area (Å²) in [5.74, 6) is 0. The van der Waals surface area contributed by atoms with Crippen LogP contribution in [0, 0.1) is 0 Å². The van der Waals surface area contributed by atoms with Crippen LogP contribution in [0.1, 0.15) is 18.0 Å². The van der Waals surface area contributed by atoms with Crippen molar-refractivity contribution < 1.29 is 4.74 Å². The number of ether oxygens (including phenoxy) is 1. The first-order chi connectivity index (χ1) is 8.72. The second-order valence-corrected chi connectivity index (χ2v) is 5.23. The standard InChI is InChI=1S/C14H24N2OS/c1-16(9-4-10-17-2)14(11-15)12-5-7-13(18-3)8-6-12/h5-8,14H,4,9-11,15H2,1-3H3. The fourth-order valence-electron chi connectivity index (χ4n) is 2.01. The molecular weight excluding hydrogens is 244 g/mol. The monoisotopic (exact) mass is 268 g/mol. The van der Waals surface area contributed by atoms with Crippen molar-refractivity contribution in [3.05, 3.63) is 29.8 Å². The lowest BCUT2D eigenvalue weighted by Gasteiger charge is -2.27. The summed E-state index contributed by atoms with van der Waals surface area (Å²) in [7, 11) is 3.86. The van der Waals surface area contributed by atoms with Crippen LogP contribution in [0.5, 0.6) is 0 Å². The van der Waals surface area contributed by atoms with Gasteiger partial charge in [-0.15, -0.1) is 11.8 Å². The number of hydrogen-bond acceptors (Lipinski definition) is 4. The Morgan fingerprint density at radius 1 is 1.33 bits per heavy atom. The van der Waals surface area contributed by atoms with Crippen molar-refractivity contribution in [2.24, 2.45) is 5.73 Å². The smallest absolute Gasteiger partial charge is 0.0474 e. The molecule has 1 rings (SSSR count). The summed E-state index contributed by atoms with van der Waals surface area (Å²) in [5.41, 5.74) is 7.19. The molecule has 0 heterocycles. The SMILES string of the molecule is COCCCN(C)C(CN)c1ccc(SC)cc1. The maximum absolute atomic E-state index is 5.90. The molecule has 0 radical (unpaired) electrons. The Labute approximate surface area is 115 Å². The normalized spacial score (nSPS) is 12.9. The van der Waals surface area contributed by atoms with Gasteiger partial charge in [0.2, 0.25) is 0 Å². The first-order valence-electron chi connectivity index (χ1n) is 6.26. The number of likely N-dealkylation sites (N-methyl/N-ethyl adjacent to an activating group) is 1. The van der Waals surface area contributed by atoms with Crippen LogP contribution in [0.2, 0.25) is 0 Å². The minimum Gasteiger partial charge on any atom is -0.385 e. The van der Waals surface area contributed by atoms with Crippen molar-refractivity contribution in [1.29, 1.82) is 0 Å². The van der Waals surface area contributed by atoms with E-state index in [0.29, 0.717) is 6.54 Å². The molecule has 102 valence electrons. The lowest BCUT2D eigenvalue weighted by atomic mass is 10.1. The number of thioether (sulfide) groups is 1. The number of methoxy groups -OCH3 is 1. The third-order valence-corrected chi connectivity index (χ3v) is 3.86. The molecule has 18 heavy (non-hydrogen) atoms. The van der Waals surface area contributed by atoms with Gasteiger partial charge in [-0.05, 0) is 37.4 Å². The maximum Gasteiger partial charge on any atom is 0.0474 e. The Bertz CT molecular complexity index is 329. The van der Waals surface area contributed by atoms with Gasteiger partial charge < -0.3 is 10.5 Å². The minimum absolute atomic E-state index is 0.290. The molecule has 0 fully saturated rings. The van der Waals surface area contributed by atoms with Gasteiger partial charge in [-0.3, -0.25) is 4.90 Å². The highest BCUT2D eigenvalue weighted by Gasteiger charge is 2.14.